The van der Waals surface area contributed by atoms with Crippen LogP contribution in [0.1, 0.15) is 39.5 Å². The van der Waals surface area contributed by atoms with Crippen LogP contribution in [0.15, 0.2) is 30.0 Å². The summed E-state index contributed by atoms with van der Waals surface area (Å²) in [6.07, 6.45) is 7.82. The van der Waals surface area contributed by atoms with Gasteiger partial charge in [-0.05, 0) is 30.9 Å². The summed E-state index contributed by atoms with van der Waals surface area (Å²) in [7, 11) is 0. The van der Waals surface area contributed by atoms with Crippen LogP contribution < -0.4 is 0 Å². The van der Waals surface area contributed by atoms with Crippen LogP contribution in [0.2, 0.25) is 0 Å². The Labute approximate surface area is 86.2 Å². The highest BCUT2D eigenvalue weighted by Crippen LogP contribution is 2.27. The second-order valence-electron chi connectivity index (χ2n) is 4.47. The molecule has 1 fully saturated rings. The maximum atomic E-state index is 11.6. The lowest BCUT2D eigenvalue weighted by atomic mass is 9.85. The highest BCUT2D eigenvalue weighted by atomic mass is 16.1. The predicted octanol–water partition coefficient (Wildman–Crippen LogP) is 3.42. The van der Waals surface area contributed by atoms with E-state index >= 15 is 0 Å². The topological polar surface area (TPSA) is 17.1 Å². The third-order valence-corrected chi connectivity index (χ3v) is 2.48. The van der Waals surface area contributed by atoms with E-state index in [2.05, 4.69) is 32.2 Å². The van der Waals surface area contributed by atoms with Crippen molar-refractivity contribution in [3.05, 3.63) is 30.0 Å². The average Bonchev–Trinajstić information content (AvgIpc) is 2.08. The van der Waals surface area contributed by atoms with Crippen LogP contribution in [0, 0.1) is 5.41 Å². The fourth-order valence-electron chi connectivity index (χ4n) is 1.81. The second-order valence-corrected chi connectivity index (χ2v) is 4.47. The first kappa shape index (κ1) is 11.0. The van der Waals surface area contributed by atoms with E-state index in [-0.39, 0.29) is 5.41 Å². The van der Waals surface area contributed by atoms with Crippen molar-refractivity contribution < 1.29 is 4.79 Å². The molecule has 1 rings (SSSR count). The van der Waals surface area contributed by atoms with Crippen molar-refractivity contribution in [2.75, 3.05) is 0 Å². The standard InChI is InChI=1S/C13H18O/c1-4-9-13(2,3)10-11-7-5-6-8-12(11)14/h9-10H,1,5-8H2,2-3H3/b11-10-. The molecule has 1 nitrogen and oxygen atoms in total. The van der Waals surface area contributed by atoms with Crippen LogP contribution in [0.3, 0.4) is 0 Å². The Morgan fingerprint density at radius 2 is 2.00 bits per heavy atom. The molecule has 0 saturated heterocycles. The van der Waals surface area contributed by atoms with Gasteiger partial charge in [-0.25, -0.2) is 0 Å². The lowest BCUT2D eigenvalue weighted by Gasteiger charge is -2.19. The number of hydrogen-bond acceptors (Lipinski definition) is 1. The predicted molar refractivity (Wildman–Crippen MR) is 59.0 cm³/mol. The maximum Gasteiger partial charge on any atom is 0.158 e. The van der Waals surface area contributed by atoms with E-state index in [9.17, 15) is 4.79 Å². The minimum absolute atomic E-state index is 0.0932. The van der Waals surface area contributed by atoms with Crippen molar-refractivity contribution >= 4 is 5.78 Å². The van der Waals surface area contributed by atoms with Gasteiger partial charge in [-0.15, -0.1) is 5.73 Å². The normalized spacial score (nSPS) is 20.7. The molecule has 1 aliphatic carbocycles. The molecule has 14 heavy (non-hydrogen) atoms. The zero-order valence-electron chi connectivity index (χ0n) is 9.10. The molecule has 76 valence electrons. The van der Waals surface area contributed by atoms with E-state index < -0.39 is 0 Å². The molecule has 0 radical (unpaired) electrons. The molecule has 1 heteroatoms. The molecule has 0 atom stereocenters. The molecule has 0 bridgehead atoms. The Morgan fingerprint density at radius 1 is 1.36 bits per heavy atom. The lowest BCUT2D eigenvalue weighted by Crippen LogP contribution is -2.13. The fraction of sp³-hybridized carbons (Fsp3) is 0.538. The highest BCUT2D eigenvalue weighted by Gasteiger charge is 2.19. The van der Waals surface area contributed by atoms with Crippen LogP contribution in [0.25, 0.3) is 0 Å². The Balaban J connectivity index is 2.84. The molecular formula is C13H18O. The molecule has 0 unspecified atom stereocenters. The first-order valence-electron chi connectivity index (χ1n) is 5.17. The smallest absolute Gasteiger partial charge is 0.158 e. The monoisotopic (exact) mass is 190 g/mol. The van der Waals surface area contributed by atoms with Gasteiger partial charge >= 0.3 is 0 Å². The van der Waals surface area contributed by atoms with E-state index in [4.69, 9.17) is 0 Å². The van der Waals surface area contributed by atoms with Gasteiger partial charge in [-0.3, -0.25) is 4.79 Å². The number of carbonyl (C=O) groups is 1. The summed E-state index contributed by atoms with van der Waals surface area (Å²) in [6.45, 7) is 7.70. The Hall–Kier alpha value is -1.07. The van der Waals surface area contributed by atoms with Crippen molar-refractivity contribution in [2.45, 2.75) is 39.5 Å². The molecule has 0 amide bonds. The summed E-state index contributed by atoms with van der Waals surface area (Å²) < 4.78 is 0. The maximum absolute atomic E-state index is 11.6. The van der Waals surface area contributed by atoms with Crippen LogP contribution >= 0.6 is 0 Å². The van der Waals surface area contributed by atoms with E-state index in [0.717, 1.165) is 31.3 Å². The number of rotatable bonds is 2. The first-order chi connectivity index (χ1) is 6.55. The summed E-state index contributed by atoms with van der Waals surface area (Å²) in [5.41, 5.74) is 3.68. The number of allylic oxidation sites excluding steroid dienone is 3. The van der Waals surface area contributed by atoms with Gasteiger partial charge in [-0.1, -0.05) is 26.5 Å². The van der Waals surface area contributed by atoms with Crippen LogP contribution in [0.4, 0.5) is 0 Å². The van der Waals surface area contributed by atoms with E-state index in [1.807, 2.05) is 6.08 Å². The zero-order chi connectivity index (χ0) is 10.6. The molecule has 0 aliphatic heterocycles. The Morgan fingerprint density at radius 3 is 2.57 bits per heavy atom. The summed E-state index contributed by atoms with van der Waals surface area (Å²) >= 11 is 0. The third-order valence-electron chi connectivity index (χ3n) is 2.48. The third kappa shape index (κ3) is 3.01. The fourth-order valence-corrected chi connectivity index (χ4v) is 1.81. The number of ketones is 1. The van der Waals surface area contributed by atoms with Gasteiger partial charge in [0.15, 0.2) is 5.78 Å². The molecule has 0 aromatic rings. The summed E-state index contributed by atoms with van der Waals surface area (Å²) in [4.78, 5) is 11.6. The number of carbonyl (C=O) groups excluding carboxylic acids is 1. The molecule has 0 N–H and O–H groups in total. The minimum Gasteiger partial charge on any atom is -0.295 e. The van der Waals surface area contributed by atoms with Gasteiger partial charge < -0.3 is 0 Å². The van der Waals surface area contributed by atoms with Crippen molar-refractivity contribution in [2.24, 2.45) is 5.41 Å². The highest BCUT2D eigenvalue weighted by molar-refractivity contribution is 5.96. The molecule has 0 aromatic heterocycles. The Kier molecular flexibility index (Phi) is 3.49. The molecule has 1 saturated carbocycles. The van der Waals surface area contributed by atoms with E-state index in [1.165, 1.54) is 0 Å². The van der Waals surface area contributed by atoms with Gasteiger partial charge in [0.2, 0.25) is 0 Å². The Bertz CT molecular complexity index is 301. The molecule has 0 heterocycles. The van der Waals surface area contributed by atoms with Crippen LogP contribution in [-0.2, 0) is 4.79 Å². The summed E-state index contributed by atoms with van der Waals surface area (Å²) in [5, 5.41) is 0. The lowest BCUT2D eigenvalue weighted by molar-refractivity contribution is -0.116. The van der Waals surface area contributed by atoms with Crippen LogP contribution in [0.5, 0.6) is 0 Å². The van der Waals surface area contributed by atoms with Gasteiger partial charge in [0.25, 0.3) is 0 Å². The second kappa shape index (κ2) is 4.43. The number of Topliss-reactive ketones (excluding diaryl/α,β-unsaturated/α-hetero) is 1. The zero-order valence-corrected chi connectivity index (χ0v) is 9.10. The minimum atomic E-state index is -0.0932. The first-order valence-corrected chi connectivity index (χ1v) is 5.17. The molecule has 0 aromatic carbocycles. The molecule has 1 aliphatic rings. The van der Waals surface area contributed by atoms with Crippen molar-refractivity contribution in [1.29, 1.82) is 0 Å². The van der Waals surface area contributed by atoms with Crippen LogP contribution in [-0.4, -0.2) is 5.78 Å². The van der Waals surface area contributed by atoms with E-state index in [0.29, 0.717) is 5.78 Å². The van der Waals surface area contributed by atoms with Crippen molar-refractivity contribution in [3.8, 4) is 0 Å². The average molecular weight is 190 g/mol. The van der Waals surface area contributed by atoms with Crippen molar-refractivity contribution in [3.63, 3.8) is 0 Å². The quantitative estimate of drug-likeness (QED) is 0.481. The number of hydrogen-bond donors (Lipinski definition) is 0. The summed E-state index contributed by atoms with van der Waals surface area (Å²) in [6, 6.07) is 0. The van der Waals surface area contributed by atoms with Gasteiger partial charge in [0.05, 0.1) is 0 Å². The van der Waals surface area contributed by atoms with E-state index in [1.54, 1.807) is 0 Å². The van der Waals surface area contributed by atoms with Gasteiger partial charge in [-0.2, -0.15) is 0 Å². The SMILES string of the molecule is C=C=CC(C)(C)/C=C1/CCCCC1=O. The largest absolute Gasteiger partial charge is 0.295 e. The van der Waals surface area contributed by atoms with Crippen molar-refractivity contribution in [1.82, 2.24) is 0 Å². The van der Waals surface area contributed by atoms with Gasteiger partial charge in [0, 0.05) is 11.8 Å². The van der Waals surface area contributed by atoms with Gasteiger partial charge in [0.1, 0.15) is 0 Å². The summed E-state index contributed by atoms with van der Waals surface area (Å²) in [5.74, 6) is 0.321. The molecular weight excluding hydrogens is 172 g/mol. The molecule has 0 spiro atoms.